The van der Waals surface area contributed by atoms with Crippen LogP contribution in [0.5, 0.6) is 5.75 Å². The number of aromatic nitrogens is 2. The summed E-state index contributed by atoms with van der Waals surface area (Å²) in [6, 6.07) is 27.0. The molecule has 2 N–H and O–H groups in total. The zero-order valence-electron chi connectivity index (χ0n) is 17.3. The van der Waals surface area contributed by atoms with Crippen molar-refractivity contribution < 1.29 is 4.74 Å². The summed E-state index contributed by atoms with van der Waals surface area (Å²) in [6.07, 6.45) is 2.99. The van der Waals surface area contributed by atoms with E-state index >= 15 is 0 Å². The number of rotatable bonds is 7. The van der Waals surface area contributed by atoms with Gasteiger partial charge in [-0.15, -0.1) is 0 Å². The van der Waals surface area contributed by atoms with Gasteiger partial charge in [0.15, 0.2) is 5.13 Å². The summed E-state index contributed by atoms with van der Waals surface area (Å²) in [5.74, 6) is 0.865. The lowest BCUT2D eigenvalue weighted by Crippen LogP contribution is -2.04. The van der Waals surface area contributed by atoms with Crippen LogP contribution in [0.15, 0.2) is 85.1 Å². The molecule has 0 fully saturated rings. The minimum Gasteiger partial charge on any atom is -0.497 e. The predicted octanol–water partition coefficient (Wildman–Crippen LogP) is 6.62. The van der Waals surface area contributed by atoms with E-state index in [-0.39, 0.29) is 0 Å². The van der Waals surface area contributed by atoms with Gasteiger partial charge in [-0.3, -0.25) is 0 Å². The van der Waals surface area contributed by atoms with Crippen molar-refractivity contribution in [2.45, 2.75) is 6.42 Å². The lowest BCUT2D eigenvalue weighted by atomic mass is 10.1. The quantitative estimate of drug-likeness (QED) is 0.308. The molecule has 2 heterocycles. The van der Waals surface area contributed by atoms with Gasteiger partial charge in [0.2, 0.25) is 0 Å². The minimum atomic E-state index is 0.814. The van der Waals surface area contributed by atoms with Gasteiger partial charge in [-0.05, 0) is 29.7 Å². The molecular formula is C26H23N3OS. The van der Waals surface area contributed by atoms with E-state index in [0.717, 1.165) is 40.6 Å². The Bertz CT molecular complexity index is 1240. The molecule has 0 atom stereocenters. The fourth-order valence-electron chi connectivity index (χ4n) is 3.78. The van der Waals surface area contributed by atoms with Crippen molar-refractivity contribution in [1.82, 2.24) is 9.97 Å². The highest BCUT2D eigenvalue weighted by Crippen LogP contribution is 2.38. The van der Waals surface area contributed by atoms with E-state index in [2.05, 4.69) is 71.1 Å². The normalized spacial score (nSPS) is 11.0. The largest absolute Gasteiger partial charge is 0.497 e. The van der Waals surface area contributed by atoms with E-state index in [1.54, 1.807) is 18.4 Å². The van der Waals surface area contributed by atoms with Crippen molar-refractivity contribution in [2.75, 3.05) is 19.0 Å². The number of thiazole rings is 1. The van der Waals surface area contributed by atoms with Crippen LogP contribution in [-0.4, -0.2) is 23.6 Å². The SMILES string of the molecule is COc1ccc2c(CCNc3nc(-c4ccccc4)c(-c4ccccc4)s3)c[nH]c2c1. The Balaban J connectivity index is 1.37. The number of aromatic amines is 1. The molecule has 31 heavy (non-hydrogen) atoms. The van der Waals surface area contributed by atoms with Gasteiger partial charge in [0.25, 0.3) is 0 Å². The van der Waals surface area contributed by atoms with Crippen molar-refractivity contribution in [2.24, 2.45) is 0 Å². The zero-order chi connectivity index (χ0) is 21.0. The zero-order valence-corrected chi connectivity index (χ0v) is 18.1. The molecule has 5 heteroatoms. The molecule has 154 valence electrons. The van der Waals surface area contributed by atoms with Crippen LogP contribution in [-0.2, 0) is 6.42 Å². The van der Waals surface area contributed by atoms with Crippen LogP contribution in [0.1, 0.15) is 5.56 Å². The number of H-pyrrole nitrogens is 1. The van der Waals surface area contributed by atoms with Crippen LogP contribution < -0.4 is 10.1 Å². The lowest BCUT2D eigenvalue weighted by Gasteiger charge is -2.03. The van der Waals surface area contributed by atoms with Crippen molar-refractivity contribution in [3.05, 3.63) is 90.6 Å². The van der Waals surface area contributed by atoms with E-state index in [1.807, 2.05) is 24.3 Å². The summed E-state index contributed by atoms with van der Waals surface area (Å²) < 4.78 is 5.32. The molecule has 2 aromatic heterocycles. The number of hydrogen-bond acceptors (Lipinski definition) is 4. The number of ether oxygens (including phenoxy) is 1. The highest BCUT2D eigenvalue weighted by molar-refractivity contribution is 7.19. The Morgan fingerprint density at radius 3 is 2.42 bits per heavy atom. The first kappa shape index (κ1) is 19.4. The first-order valence-corrected chi connectivity index (χ1v) is 11.1. The summed E-state index contributed by atoms with van der Waals surface area (Å²) in [5.41, 5.74) is 5.74. The monoisotopic (exact) mass is 425 g/mol. The van der Waals surface area contributed by atoms with Crippen LogP contribution in [0.4, 0.5) is 5.13 Å². The van der Waals surface area contributed by atoms with Crippen LogP contribution in [0.25, 0.3) is 32.6 Å². The number of benzene rings is 3. The molecule has 0 bridgehead atoms. The number of nitrogens with one attached hydrogen (secondary N) is 2. The van der Waals surface area contributed by atoms with Crippen molar-refractivity contribution in [3.8, 4) is 27.4 Å². The second kappa shape index (κ2) is 8.66. The number of nitrogens with zero attached hydrogens (tertiary/aromatic N) is 1. The summed E-state index contributed by atoms with van der Waals surface area (Å²) in [5, 5.41) is 5.72. The molecule has 0 saturated heterocycles. The van der Waals surface area contributed by atoms with Crippen LogP contribution >= 0.6 is 11.3 Å². The van der Waals surface area contributed by atoms with E-state index in [0.29, 0.717) is 0 Å². The molecule has 0 radical (unpaired) electrons. The average molecular weight is 426 g/mol. The highest BCUT2D eigenvalue weighted by Gasteiger charge is 2.15. The molecule has 0 amide bonds. The summed E-state index contributed by atoms with van der Waals surface area (Å²) in [7, 11) is 1.69. The molecule has 0 spiro atoms. The second-order valence-electron chi connectivity index (χ2n) is 7.33. The van der Waals surface area contributed by atoms with Crippen molar-refractivity contribution in [3.63, 3.8) is 0 Å². The number of hydrogen-bond donors (Lipinski definition) is 2. The second-order valence-corrected chi connectivity index (χ2v) is 8.33. The van der Waals surface area contributed by atoms with Gasteiger partial charge in [0, 0.05) is 35.3 Å². The van der Waals surface area contributed by atoms with Crippen LogP contribution in [0.2, 0.25) is 0 Å². The van der Waals surface area contributed by atoms with E-state index < -0.39 is 0 Å². The first-order chi connectivity index (χ1) is 15.3. The Kier molecular flexibility index (Phi) is 5.42. The molecular weight excluding hydrogens is 402 g/mol. The van der Waals surface area contributed by atoms with Gasteiger partial charge in [-0.1, -0.05) is 72.0 Å². The van der Waals surface area contributed by atoms with Gasteiger partial charge >= 0.3 is 0 Å². The molecule has 4 nitrogen and oxygen atoms in total. The first-order valence-electron chi connectivity index (χ1n) is 10.3. The number of fused-ring (bicyclic) bond motifs is 1. The van der Waals surface area contributed by atoms with Gasteiger partial charge in [0.05, 0.1) is 17.7 Å². The fourth-order valence-corrected chi connectivity index (χ4v) is 4.79. The average Bonchev–Trinajstić information content (AvgIpc) is 3.44. The molecule has 5 aromatic rings. The van der Waals surface area contributed by atoms with Gasteiger partial charge in [0.1, 0.15) is 5.75 Å². The third-order valence-electron chi connectivity index (χ3n) is 5.36. The minimum absolute atomic E-state index is 0.814. The lowest BCUT2D eigenvalue weighted by molar-refractivity contribution is 0.415. The number of methoxy groups -OCH3 is 1. The van der Waals surface area contributed by atoms with Crippen molar-refractivity contribution >= 4 is 27.4 Å². The number of anilines is 1. The maximum atomic E-state index is 5.32. The van der Waals surface area contributed by atoms with Gasteiger partial charge in [-0.25, -0.2) is 4.98 Å². The topological polar surface area (TPSA) is 49.9 Å². The fraction of sp³-hybridized carbons (Fsp3) is 0.115. The molecule has 0 saturated carbocycles. The van der Waals surface area contributed by atoms with E-state index in [9.17, 15) is 0 Å². The standard InChI is InChI=1S/C26H23N3OS/c1-30-21-12-13-22-20(17-28-23(22)16-21)14-15-27-26-29-24(18-8-4-2-5-9-18)25(31-26)19-10-6-3-7-11-19/h2-13,16-17,28H,14-15H2,1H3,(H,27,29). The third-order valence-corrected chi connectivity index (χ3v) is 6.42. The maximum Gasteiger partial charge on any atom is 0.183 e. The molecule has 3 aromatic carbocycles. The van der Waals surface area contributed by atoms with Gasteiger partial charge < -0.3 is 15.0 Å². The molecule has 0 aliphatic heterocycles. The van der Waals surface area contributed by atoms with Crippen LogP contribution in [0, 0.1) is 0 Å². The highest BCUT2D eigenvalue weighted by atomic mass is 32.1. The van der Waals surface area contributed by atoms with E-state index in [1.165, 1.54) is 21.4 Å². The summed E-state index contributed by atoms with van der Waals surface area (Å²) in [6.45, 7) is 0.814. The van der Waals surface area contributed by atoms with Gasteiger partial charge in [-0.2, -0.15) is 0 Å². The third kappa shape index (κ3) is 4.05. The maximum absolute atomic E-state index is 5.32. The molecule has 0 aliphatic rings. The Morgan fingerprint density at radius 2 is 1.68 bits per heavy atom. The molecule has 0 aliphatic carbocycles. The summed E-state index contributed by atoms with van der Waals surface area (Å²) >= 11 is 1.71. The Morgan fingerprint density at radius 1 is 0.935 bits per heavy atom. The summed E-state index contributed by atoms with van der Waals surface area (Å²) in [4.78, 5) is 9.48. The smallest absolute Gasteiger partial charge is 0.183 e. The Hall–Kier alpha value is -3.57. The van der Waals surface area contributed by atoms with E-state index in [4.69, 9.17) is 9.72 Å². The molecule has 0 unspecified atom stereocenters. The predicted molar refractivity (Wildman–Crippen MR) is 130 cm³/mol. The van der Waals surface area contributed by atoms with Crippen LogP contribution in [0.3, 0.4) is 0 Å². The Labute approximate surface area is 185 Å². The van der Waals surface area contributed by atoms with Crippen molar-refractivity contribution in [1.29, 1.82) is 0 Å². The molecule has 5 rings (SSSR count).